The van der Waals surface area contributed by atoms with E-state index in [2.05, 4.69) is 94.4 Å². The summed E-state index contributed by atoms with van der Waals surface area (Å²) < 4.78 is 5.98. The molecule has 0 N–H and O–H groups in total. The van der Waals surface area contributed by atoms with Crippen molar-refractivity contribution in [2.75, 3.05) is 19.3 Å². The molecule has 1 aromatic carbocycles. The van der Waals surface area contributed by atoms with E-state index in [4.69, 9.17) is 4.74 Å². The van der Waals surface area contributed by atoms with Gasteiger partial charge in [0.1, 0.15) is 5.75 Å². The standard InChI is InChI=1S/C22H35NOSi/c1-8-23(16-11-9-10-15-22(2,3)4)18-20-13-12-14-21(17-20)24-19-25(5,6)7/h9,11-14,17H,8,16,18-19H2,1-7H3/b11-9+. The molecule has 3 heteroatoms. The van der Waals surface area contributed by atoms with Gasteiger partial charge in [-0.15, -0.1) is 0 Å². The molecule has 0 bridgehead atoms. The molecular weight excluding hydrogens is 322 g/mol. The number of benzene rings is 1. The number of allylic oxidation sites excluding steroid dienone is 1. The second-order valence-electron chi connectivity index (χ2n) is 8.75. The maximum Gasteiger partial charge on any atom is 0.119 e. The number of rotatable bonds is 8. The predicted octanol–water partition coefficient (Wildman–Crippen LogP) is 5.37. The van der Waals surface area contributed by atoms with Gasteiger partial charge in [0.25, 0.3) is 0 Å². The first-order valence-electron chi connectivity index (χ1n) is 9.21. The van der Waals surface area contributed by atoms with Gasteiger partial charge in [-0.25, -0.2) is 0 Å². The van der Waals surface area contributed by atoms with E-state index >= 15 is 0 Å². The summed E-state index contributed by atoms with van der Waals surface area (Å²) in [5.74, 6) is 7.35. The minimum atomic E-state index is -1.19. The SMILES string of the molecule is CCN(C/C=C/C#CC(C)(C)C)Cc1cccc(OC[Si](C)(C)C)c1. The van der Waals surface area contributed by atoms with Crippen LogP contribution >= 0.6 is 0 Å². The fourth-order valence-corrected chi connectivity index (χ4v) is 2.72. The van der Waals surface area contributed by atoms with Crippen molar-refractivity contribution in [2.24, 2.45) is 5.41 Å². The van der Waals surface area contributed by atoms with Crippen molar-refractivity contribution in [2.45, 2.75) is 53.9 Å². The zero-order chi connectivity index (χ0) is 18.9. The minimum Gasteiger partial charge on any atom is -0.497 e. The third kappa shape index (κ3) is 10.9. The highest BCUT2D eigenvalue weighted by atomic mass is 28.3. The predicted molar refractivity (Wildman–Crippen MR) is 113 cm³/mol. The Morgan fingerprint density at radius 2 is 1.92 bits per heavy atom. The van der Waals surface area contributed by atoms with Gasteiger partial charge in [-0.05, 0) is 51.1 Å². The number of likely N-dealkylation sites (N-methyl/N-ethyl adjacent to an activating group) is 1. The summed E-state index contributed by atoms with van der Waals surface area (Å²) in [6.07, 6.45) is 4.98. The molecule has 0 atom stereocenters. The summed E-state index contributed by atoms with van der Waals surface area (Å²) in [5.41, 5.74) is 1.36. The highest BCUT2D eigenvalue weighted by Crippen LogP contribution is 2.16. The molecule has 0 heterocycles. The van der Waals surface area contributed by atoms with Crippen molar-refractivity contribution < 1.29 is 4.74 Å². The van der Waals surface area contributed by atoms with Crippen LogP contribution in [0.25, 0.3) is 0 Å². The zero-order valence-corrected chi connectivity index (χ0v) is 18.1. The van der Waals surface area contributed by atoms with Crippen molar-refractivity contribution in [1.29, 1.82) is 0 Å². The molecule has 25 heavy (non-hydrogen) atoms. The monoisotopic (exact) mass is 357 g/mol. The van der Waals surface area contributed by atoms with E-state index in [1.54, 1.807) is 0 Å². The van der Waals surface area contributed by atoms with Crippen LogP contribution in [0.4, 0.5) is 0 Å². The molecule has 0 saturated carbocycles. The molecule has 0 spiro atoms. The van der Waals surface area contributed by atoms with E-state index in [1.807, 2.05) is 6.08 Å². The van der Waals surface area contributed by atoms with Gasteiger partial charge in [-0.3, -0.25) is 4.90 Å². The van der Waals surface area contributed by atoms with E-state index in [1.165, 1.54) is 5.56 Å². The molecule has 0 radical (unpaired) electrons. The smallest absolute Gasteiger partial charge is 0.119 e. The van der Waals surface area contributed by atoms with E-state index < -0.39 is 8.07 Å². The lowest BCUT2D eigenvalue weighted by atomic mass is 9.98. The summed E-state index contributed by atoms with van der Waals surface area (Å²) in [4.78, 5) is 2.40. The van der Waals surface area contributed by atoms with Gasteiger partial charge in [-0.1, -0.05) is 56.6 Å². The van der Waals surface area contributed by atoms with Gasteiger partial charge < -0.3 is 4.74 Å². The van der Waals surface area contributed by atoms with E-state index in [0.29, 0.717) is 0 Å². The summed E-state index contributed by atoms with van der Waals surface area (Å²) in [6.45, 7) is 18.4. The van der Waals surface area contributed by atoms with Gasteiger partial charge in [0.2, 0.25) is 0 Å². The molecule has 1 aromatic rings. The lowest BCUT2D eigenvalue weighted by Crippen LogP contribution is -2.30. The Labute approximate surface area is 156 Å². The number of ether oxygens (including phenoxy) is 1. The fourth-order valence-electron chi connectivity index (χ4n) is 2.12. The van der Waals surface area contributed by atoms with E-state index in [0.717, 1.165) is 31.6 Å². The van der Waals surface area contributed by atoms with Crippen molar-refractivity contribution in [3.8, 4) is 17.6 Å². The zero-order valence-electron chi connectivity index (χ0n) is 17.1. The molecule has 1 rings (SSSR count). The Hall–Kier alpha value is -1.50. The highest BCUT2D eigenvalue weighted by Gasteiger charge is 2.14. The Balaban J connectivity index is 2.59. The summed E-state index contributed by atoms with van der Waals surface area (Å²) in [5, 5.41) is 0. The van der Waals surface area contributed by atoms with Crippen LogP contribution in [0.2, 0.25) is 19.6 Å². The Kier molecular flexibility index (Phi) is 8.48. The molecule has 2 nitrogen and oxygen atoms in total. The van der Waals surface area contributed by atoms with Crippen LogP contribution in [0, 0.1) is 17.3 Å². The number of hydrogen-bond acceptors (Lipinski definition) is 2. The van der Waals surface area contributed by atoms with Crippen LogP contribution in [-0.2, 0) is 6.54 Å². The average molecular weight is 358 g/mol. The molecule has 0 aliphatic heterocycles. The topological polar surface area (TPSA) is 12.5 Å². The van der Waals surface area contributed by atoms with Crippen molar-refractivity contribution in [3.05, 3.63) is 42.0 Å². The summed E-state index contributed by atoms with van der Waals surface area (Å²) in [6, 6.07) is 8.49. The quantitative estimate of drug-likeness (QED) is 0.458. The second-order valence-corrected chi connectivity index (χ2v) is 14.2. The third-order valence-electron chi connectivity index (χ3n) is 3.44. The Bertz CT molecular complexity index is 611. The molecule has 138 valence electrons. The first-order valence-corrected chi connectivity index (χ1v) is 12.9. The average Bonchev–Trinajstić information content (AvgIpc) is 2.50. The maximum atomic E-state index is 5.98. The van der Waals surface area contributed by atoms with Gasteiger partial charge in [0.05, 0.1) is 14.3 Å². The largest absolute Gasteiger partial charge is 0.497 e. The first-order chi connectivity index (χ1) is 11.6. The molecule has 0 aliphatic rings. The van der Waals surface area contributed by atoms with Crippen molar-refractivity contribution >= 4 is 8.07 Å². The lowest BCUT2D eigenvalue weighted by Gasteiger charge is -2.20. The second kappa shape index (κ2) is 9.84. The van der Waals surface area contributed by atoms with Gasteiger partial charge in [0, 0.05) is 18.5 Å². The van der Waals surface area contributed by atoms with E-state index in [-0.39, 0.29) is 5.41 Å². The summed E-state index contributed by atoms with van der Waals surface area (Å²) in [7, 11) is -1.19. The van der Waals surface area contributed by atoms with Crippen LogP contribution in [0.3, 0.4) is 0 Å². The molecular formula is C22H35NOSi. The van der Waals surface area contributed by atoms with Crippen LogP contribution in [0.15, 0.2) is 36.4 Å². The van der Waals surface area contributed by atoms with Crippen molar-refractivity contribution in [1.82, 2.24) is 4.90 Å². The van der Waals surface area contributed by atoms with Crippen LogP contribution < -0.4 is 4.74 Å². The Morgan fingerprint density at radius 1 is 1.20 bits per heavy atom. The third-order valence-corrected chi connectivity index (χ3v) is 4.45. The summed E-state index contributed by atoms with van der Waals surface area (Å²) >= 11 is 0. The van der Waals surface area contributed by atoms with Gasteiger partial charge in [0.15, 0.2) is 0 Å². The fraction of sp³-hybridized carbons (Fsp3) is 0.545. The van der Waals surface area contributed by atoms with Gasteiger partial charge >= 0.3 is 0 Å². The van der Waals surface area contributed by atoms with Gasteiger partial charge in [-0.2, -0.15) is 0 Å². The van der Waals surface area contributed by atoms with Crippen LogP contribution in [0.5, 0.6) is 5.75 Å². The maximum absolute atomic E-state index is 5.98. The van der Waals surface area contributed by atoms with Crippen LogP contribution in [-0.4, -0.2) is 32.3 Å². The molecule has 0 aliphatic carbocycles. The van der Waals surface area contributed by atoms with Crippen LogP contribution in [0.1, 0.15) is 33.3 Å². The molecule has 0 aromatic heterocycles. The normalized spacial score (nSPS) is 12.3. The van der Waals surface area contributed by atoms with Crippen molar-refractivity contribution in [3.63, 3.8) is 0 Å². The molecule has 0 saturated heterocycles. The number of hydrogen-bond donors (Lipinski definition) is 0. The molecule has 0 amide bonds. The van der Waals surface area contributed by atoms with E-state index in [9.17, 15) is 0 Å². The number of nitrogens with zero attached hydrogens (tertiary/aromatic N) is 1. The minimum absolute atomic E-state index is 0.0606. The highest BCUT2D eigenvalue weighted by molar-refractivity contribution is 6.76. The molecule has 0 fully saturated rings. The molecule has 0 unspecified atom stereocenters. The Morgan fingerprint density at radius 3 is 2.52 bits per heavy atom. The lowest BCUT2D eigenvalue weighted by molar-refractivity contribution is 0.310. The first kappa shape index (κ1) is 21.5.